The lowest BCUT2D eigenvalue weighted by Crippen LogP contribution is -2.52. The predicted molar refractivity (Wildman–Crippen MR) is 100 cm³/mol. The standard InChI is InChI=1S/C21H20ClNO3/c1-14-6-7-19-16(12-14)18(24)13-21(26-19)8-10-23(11-9-21)20(25)15-4-2-3-5-17(15)22/h2-7,12H,8-11,13H2,1H3. The summed E-state index contributed by atoms with van der Waals surface area (Å²) >= 11 is 6.15. The van der Waals surface area contributed by atoms with E-state index in [1.807, 2.05) is 37.3 Å². The number of Topliss-reactive ketones (excluding diaryl/α,β-unsaturated/α-hetero) is 1. The van der Waals surface area contributed by atoms with Gasteiger partial charge >= 0.3 is 0 Å². The largest absolute Gasteiger partial charge is 0.486 e. The third-order valence-electron chi connectivity index (χ3n) is 5.31. The molecule has 2 aliphatic rings. The number of ketones is 1. The molecule has 1 fully saturated rings. The molecule has 5 heteroatoms. The number of halogens is 1. The van der Waals surface area contributed by atoms with Crippen molar-refractivity contribution in [2.75, 3.05) is 13.1 Å². The highest BCUT2D eigenvalue weighted by Gasteiger charge is 2.43. The monoisotopic (exact) mass is 369 g/mol. The number of rotatable bonds is 1. The Balaban J connectivity index is 1.50. The zero-order valence-electron chi connectivity index (χ0n) is 14.6. The first-order valence-corrected chi connectivity index (χ1v) is 9.22. The van der Waals surface area contributed by atoms with Gasteiger partial charge in [0.2, 0.25) is 0 Å². The van der Waals surface area contributed by atoms with Gasteiger partial charge in [0, 0.05) is 25.9 Å². The number of nitrogens with zero attached hydrogens (tertiary/aromatic N) is 1. The number of piperidine rings is 1. The molecule has 0 aromatic heterocycles. The fourth-order valence-electron chi connectivity index (χ4n) is 3.81. The second-order valence-corrected chi connectivity index (χ2v) is 7.56. The van der Waals surface area contributed by atoms with Gasteiger partial charge < -0.3 is 9.64 Å². The van der Waals surface area contributed by atoms with Crippen LogP contribution in [-0.4, -0.2) is 35.3 Å². The van der Waals surface area contributed by atoms with Crippen LogP contribution in [0.1, 0.15) is 45.5 Å². The van der Waals surface area contributed by atoms with Gasteiger partial charge in [0.25, 0.3) is 5.91 Å². The van der Waals surface area contributed by atoms with E-state index in [2.05, 4.69) is 0 Å². The molecule has 4 nitrogen and oxygen atoms in total. The second-order valence-electron chi connectivity index (χ2n) is 7.16. The van der Waals surface area contributed by atoms with Gasteiger partial charge in [-0.15, -0.1) is 0 Å². The molecule has 0 radical (unpaired) electrons. The molecule has 1 saturated heterocycles. The van der Waals surface area contributed by atoms with E-state index in [4.69, 9.17) is 16.3 Å². The minimum absolute atomic E-state index is 0.0661. The fourth-order valence-corrected chi connectivity index (χ4v) is 4.03. The van der Waals surface area contributed by atoms with E-state index in [-0.39, 0.29) is 11.7 Å². The van der Waals surface area contributed by atoms with Crippen LogP contribution in [0.4, 0.5) is 0 Å². The normalized spacial score (nSPS) is 18.4. The van der Waals surface area contributed by atoms with E-state index >= 15 is 0 Å². The summed E-state index contributed by atoms with van der Waals surface area (Å²) in [6.45, 7) is 3.08. The van der Waals surface area contributed by atoms with E-state index in [1.165, 1.54) is 0 Å². The lowest BCUT2D eigenvalue weighted by molar-refractivity contribution is -0.00571. The number of hydrogen-bond acceptors (Lipinski definition) is 3. The summed E-state index contributed by atoms with van der Waals surface area (Å²) < 4.78 is 6.26. The van der Waals surface area contributed by atoms with Gasteiger partial charge in [0.1, 0.15) is 11.4 Å². The van der Waals surface area contributed by atoms with Crippen LogP contribution < -0.4 is 4.74 Å². The first kappa shape index (κ1) is 17.1. The fraction of sp³-hybridized carbons (Fsp3) is 0.333. The highest BCUT2D eigenvalue weighted by molar-refractivity contribution is 6.33. The van der Waals surface area contributed by atoms with Crippen molar-refractivity contribution in [1.29, 1.82) is 0 Å². The van der Waals surface area contributed by atoms with Crippen LogP contribution in [0.2, 0.25) is 5.02 Å². The quantitative estimate of drug-likeness (QED) is 0.753. The predicted octanol–water partition coefficient (Wildman–Crippen LogP) is 4.29. The average Bonchev–Trinajstić information content (AvgIpc) is 2.63. The maximum atomic E-state index is 12.7. The smallest absolute Gasteiger partial charge is 0.255 e. The van der Waals surface area contributed by atoms with Crippen LogP contribution >= 0.6 is 11.6 Å². The number of fused-ring (bicyclic) bond motifs is 1. The molecular weight excluding hydrogens is 350 g/mol. The molecule has 1 amide bonds. The van der Waals surface area contributed by atoms with E-state index in [0.29, 0.717) is 54.3 Å². The summed E-state index contributed by atoms with van der Waals surface area (Å²) in [7, 11) is 0. The van der Waals surface area contributed by atoms with E-state index in [0.717, 1.165) is 5.56 Å². The number of hydrogen-bond donors (Lipinski definition) is 0. The number of carbonyl (C=O) groups excluding carboxylic acids is 2. The van der Waals surface area contributed by atoms with Gasteiger partial charge in [-0.2, -0.15) is 0 Å². The summed E-state index contributed by atoms with van der Waals surface area (Å²) in [5.41, 5.74) is 1.74. The Labute approximate surface area is 157 Å². The number of aryl methyl sites for hydroxylation is 1. The van der Waals surface area contributed by atoms with Gasteiger partial charge in [0.05, 0.1) is 22.6 Å². The molecule has 2 aromatic rings. The van der Waals surface area contributed by atoms with Gasteiger partial charge in [0.15, 0.2) is 5.78 Å². The number of carbonyl (C=O) groups is 2. The molecule has 0 bridgehead atoms. The number of amides is 1. The molecule has 0 unspecified atom stereocenters. The highest BCUT2D eigenvalue weighted by atomic mass is 35.5. The van der Waals surface area contributed by atoms with Crippen molar-refractivity contribution >= 4 is 23.3 Å². The molecule has 0 saturated carbocycles. The number of ether oxygens (including phenoxy) is 1. The molecule has 1 spiro atoms. The minimum Gasteiger partial charge on any atom is -0.486 e. The first-order chi connectivity index (χ1) is 12.5. The summed E-state index contributed by atoms with van der Waals surface area (Å²) in [5, 5.41) is 0.464. The van der Waals surface area contributed by atoms with Crippen LogP contribution in [0.15, 0.2) is 42.5 Å². The van der Waals surface area contributed by atoms with Crippen LogP contribution in [0, 0.1) is 6.92 Å². The van der Waals surface area contributed by atoms with Crippen molar-refractivity contribution in [3.63, 3.8) is 0 Å². The summed E-state index contributed by atoms with van der Waals surface area (Å²) in [4.78, 5) is 27.1. The summed E-state index contributed by atoms with van der Waals surface area (Å²) in [6, 6.07) is 12.8. The Bertz CT molecular complexity index is 885. The molecule has 2 aromatic carbocycles. The maximum absolute atomic E-state index is 12.7. The van der Waals surface area contributed by atoms with Crippen LogP contribution in [0.5, 0.6) is 5.75 Å². The van der Waals surface area contributed by atoms with Crippen molar-refractivity contribution in [2.24, 2.45) is 0 Å². The average molecular weight is 370 g/mol. The molecular formula is C21H20ClNO3. The molecule has 4 rings (SSSR count). The van der Waals surface area contributed by atoms with Crippen LogP contribution in [0.25, 0.3) is 0 Å². The lowest BCUT2D eigenvalue weighted by Gasteiger charge is -2.44. The second kappa shape index (κ2) is 6.44. The number of benzene rings is 2. The summed E-state index contributed by atoms with van der Waals surface area (Å²) in [5.74, 6) is 0.724. The Morgan fingerprint density at radius 3 is 2.62 bits per heavy atom. The molecule has 0 N–H and O–H groups in total. The molecule has 26 heavy (non-hydrogen) atoms. The Kier molecular flexibility index (Phi) is 4.23. The van der Waals surface area contributed by atoms with Gasteiger partial charge in [-0.3, -0.25) is 9.59 Å². The number of likely N-dealkylation sites (tertiary alicyclic amines) is 1. The van der Waals surface area contributed by atoms with Gasteiger partial charge in [-0.1, -0.05) is 35.4 Å². The van der Waals surface area contributed by atoms with Crippen molar-refractivity contribution in [1.82, 2.24) is 4.90 Å². The lowest BCUT2D eigenvalue weighted by atomic mass is 9.82. The van der Waals surface area contributed by atoms with Crippen LogP contribution in [-0.2, 0) is 0 Å². The third-order valence-corrected chi connectivity index (χ3v) is 5.64. The van der Waals surface area contributed by atoms with Crippen molar-refractivity contribution in [3.8, 4) is 5.75 Å². The molecule has 0 aliphatic carbocycles. The zero-order valence-corrected chi connectivity index (χ0v) is 15.4. The first-order valence-electron chi connectivity index (χ1n) is 8.84. The van der Waals surface area contributed by atoms with Crippen molar-refractivity contribution < 1.29 is 14.3 Å². The molecule has 2 heterocycles. The SMILES string of the molecule is Cc1ccc2c(c1)C(=O)CC1(CCN(C(=O)c3ccccc3Cl)CC1)O2. The topological polar surface area (TPSA) is 46.6 Å². The molecule has 0 atom stereocenters. The molecule has 134 valence electrons. The van der Waals surface area contributed by atoms with Gasteiger partial charge in [-0.05, 0) is 31.2 Å². The third kappa shape index (κ3) is 2.99. The highest BCUT2D eigenvalue weighted by Crippen LogP contribution is 2.40. The van der Waals surface area contributed by atoms with E-state index < -0.39 is 5.60 Å². The van der Waals surface area contributed by atoms with Crippen LogP contribution in [0.3, 0.4) is 0 Å². The Morgan fingerprint density at radius 1 is 1.15 bits per heavy atom. The summed E-state index contributed by atoms with van der Waals surface area (Å²) in [6.07, 6.45) is 1.65. The van der Waals surface area contributed by atoms with Crippen molar-refractivity contribution in [2.45, 2.75) is 31.8 Å². The van der Waals surface area contributed by atoms with Crippen molar-refractivity contribution in [3.05, 3.63) is 64.2 Å². The zero-order chi connectivity index (χ0) is 18.3. The van der Waals surface area contributed by atoms with E-state index in [9.17, 15) is 9.59 Å². The Hall–Kier alpha value is -2.33. The maximum Gasteiger partial charge on any atom is 0.255 e. The van der Waals surface area contributed by atoms with Gasteiger partial charge in [-0.25, -0.2) is 0 Å². The molecule has 2 aliphatic heterocycles. The Morgan fingerprint density at radius 2 is 1.88 bits per heavy atom. The minimum atomic E-state index is -0.503. The van der Waals surface area contributed by atoms with E-state index in [1.54, 1.807) is 17.0 Å².